The largest absolute Gasteiger partial charge is 0.394 e. The minimum absolute atomic E-state index is 0.547. The van der Waals surface area contributed by atoms with E-state index in [0.717, 1.165) is 6.20 Å². The number of aliphatic hydroxyl groups excluding tert-OH is 2. The first-order chi connectivity index (χ1) is 9.43. The van der Waals surface area contributed by atoms with Gasteiger partial charge in [-0.05, 0) is 11.6 Å². The number of nitrogens with one attached hydrogen (secondary N) is 1. The Balaban J connectivity index is 2.55. The Kier molecular flexibility index (Phi) is 4.17. The molecule has 0 saturated carbocycles. The van der Waals surface area contributed by atoms with Crippen molar-refractivity contribution >= 4 is 23.2 Å². The van der Waals surface area contributed by atoms with Gasteiger partial charge in [0, 0.05) is 5.38 Å². The Bertz CT molecular complexity index is 678. The molecule has 0 radical (unpaired) electrons. The molecule has 20 heavy (non-hydrogen) atoms. The summed E-state index contributed by atoms with van der Waals surface area (Å²) in [6, 6.07) is 0. The molecule has 0 spiro atoms. The van der Waals surface area contributed by atoms with E-state index in [2.05, 4.69) is 11.0 Å². The van der Waals surface area contributed by atoms with E-state index in [-0.39, 0.29) is 0 Å². The number of aromatic nitrogens is 3. The number of ether oxygens (including phenoxy) is 1. The Hall–Kier alpha value is -1.37. The van der Waals surface area contributed by atoms with Crippen molar-refractivity contribution < 1.29 is 14.9 Å². The molecule has 1 aliphatic rings. The fourth-order valence-corrected chi connectivity index (χ4v) is 2.41. The summed E-state index contributed by atoms with van der Waals surface area (Å²) < 4.78 is 6.00. The van der Waals surface area contributed by atoms with Crippen molar-refractivity contribution in [2.45, 2.75) is 23.3 Å². The van der Waals surface area contributed by atoms with E-state index >= 15 is 0 Å². The lowest BCUT2D eigenvalue weighted by Gasteiger charge is -2.24. The number of hydrogen-bond acceptors (Lipinski definition) is 6. The summed E-state index contributed by atoms with van der Waals surface area (Å²) in [4.78, 5) is 22.9. The number of halogens is 2. The van der Waals surface area contributed by atoms with Crippen LogP contribution in [0.2, 0.25) is 0 Å². The topological polar surface area (TPSA) is 117 Å². The van der Waals surface area contributed by atoms with Crippen LogP contribution in [0, 0.1) is 11.3 Å². The minimum atomic E-state index is -1.79. The number of aromatic amines is 1. The molecule has 1 fully saturated rings. The van der Waals surface area contributed by atoms with Crippen LogP contribution in [-0.4, -0.2) is 48.7 Å². The predicted octanol–water partition coefficient (Wildman–Crippen LogP) is -1.64. The summed E-state index contributed by atoms with van der Waals surface area (Å²) in [5, 5.41) is 24.7. The molecule has 2 heterocycles. The number of hydrogen-bond donors (Lipinski definition) is 3. The molecule has 4 unspecified atom stereocenters. The Morgan fingerprint density at radius 3 is 2.85 bits per heavy atom. The highest BCUT2D eigenvalue weighted by Gasteiger charge is 2.56. The highest BCUT2D eigenvalue weighted by molar-refractivity contribution is 6.32. The molecule has 108 valence electrons. The van der Waals surface area contributed by atoms with Crippen molar-refractivity contribution in [3.63, 3.8) is 0 Å². The average Bonchev–Trinajstić information content (AvgIpc) is 2.63. The number of alkyl halides is 1. The third kappa shape index (κ3) is 2.34. The van der Waals surface area contributed by atoms with Gasteiger partial charge in [0.25, 0.3) is 5.56 Å². The van der Waals surface area contributed by atoms with Gasteiger partial charge in [0.2, 0.25) is 0 Å². The van der Waals surface area contributed by atoms with Gasteiger partial charge in [0.1, 0.15) is 18.4 Å². The van der Waals surface area contributed by atoms with Gasteiger partial charge in [-0.2, -0.15) is 9.78 Å². The van der Waals surface area contributed by atoms with Gasteiger partial charge in [-0.15, -0.1) is 0 Å². The molecule has 8 nitrogen and oxygen atoms in total. The monoisotopic (exact) mass is 321 g/mol. The molecule has 3 N–H and O–H groups in total. The highest BCUT2D eigenvalue weighted by Crippen LogP contribution is 2.42. The summed E-state index contributed by atoms with van der Waals surface area (Å²) in [6.45, 7) is -0.547. The Labute approximate surface area is 121 Å². The van der Waals surface area contributed by atoms with Gasteiger partial charge in [0.15, 0.2) is 11.1 Å². The lowest BCUT2D eigenvalue weighted by atomic mass is 10.00. The molecule has 0 bridgehead atoms. The van der Waals surface area contributed by atoms with Crippen LogP contribution in [0.5, 0.6) is 0 Å². The first kappa shape index (κ1) is 15.0. The summed E-state index contributed by atoms with van der Waals surface area (Å²) in [6.07, 6.45) is -2.97. The van der Waals surface area contributed by atoms with E-state index < -0.39 is 41.2 Å². The van der Waals surface area contributed by atoms with Crippen LogP contribution in [0.1, 0.15) is 6.23 Å². The van der Waals surface area contributed by atoms with E-state index in [1.165, 1.54) is 0 Å². The van der Waals surface area contributed by atoms with E-state index in [1.807, 2.05) is 10.4 Å². The summed E-state index contributed by atoms with van der Waals surface area (Å²) in [5.74, 6) is 2.33. The number of rotatable bonds is 2. The van der Waals surface area contributed by atoms with Crippen molar-refractivity contribution in [1.29, 1.82) is 0 Å². The van der Waals surface area contributed by atoms with Crippen LogP contribution in [0.25, 0.3) is 0 Å². The van der Waals surface area contributed by atoms with Crippen LogP contribution < -0.4 is 11.2 Å². The molecule has 0 amide bonds. The van der Waals surface area contributed by atoms with E-state index in [1.54, 1.807) is 0 Å². The van der Waals surface area contributed by atoms with Crippen LogP contribution in [0.3, 0.4) is 0 Å². The molecule has 2 rings (SSSR count). The van der Waals surface area contributed by atoms with Gasteiger partial charge in [-0.1, -0.05) is 17.5 Å². The maximum Gasteiger partial charge on any atom is 0.347 e. The summed E-state index contributed by atoms with van der Waals surface area (Å²) >= 11 is 11.5. The van der Waals surface area contributed by atoms with Crippen LogP contribution in [-0.2, 0) is 4.74 Å². The van der Waals surface area contributed by atoms with Gasteiger partial charge < -0.3 is 14.9 Å². The lowest BCUT2D eigenvalue weighted by molar-refractivity contribution is -0.0514. The first-order valence-electron chi connectivity index (χ1n) is 5.38. The highest BCUT2D eigenvalue weighted by atomic mass is 35.5. The maximum atomic E-state index is 11.7. The van der Waals surface area contributed by atoms with Crippen molar-refractivity contribution in [2.75, 3.05) is 6.61 Å². The fourth-order valence-electron chi connectivity index (χ4n) is 1.87. The molecule has 4 atom stereocenters. The van der Waals surface area contributed by atoms with Crippen molar-refractivity contribution in [1.82, 2.24) is 14.8 Å². The zero-order valence-electron chi connectivity index (χ0n) is 9.79. The third-order valence-electron chi connectivity index (χ3n) is 2.82. The second-order valence-corrected chi connectivity index (χ2v) is 4.84. The van der Waals surface area contributed by atoms with Crippen molar-refractivity contribution in [3.8, 4) is 11.3 Å². The molecule has 0 aliphatic carbocycles. The first-order valence-corrected chi connectivity index (χ1v) is 6.14. The van der Waals surface area contributed by atoms with Gasteiger partial charge >= 0.3 is 5.69 Å². The van der Waals surface area contributed by atoms with E-state index in [0.29, 0.717) is 4.68 Å². The Morgan fingerprint density at radius 2 is 2.30 bits per heavy atom. The average molecular weight is 322 g/mol. The van der Waals surface area contributed by atoms with Crippen LogP contribution in [0.4, 0.5) is 0 Å². The van der Waals surface area contributed by atoms with Crippen molar-refractivity contribution in [2.24, 2.45) is 0 Å². The van der Waals surface area contributed by atoms with Crippen LogP contribution in [0.15, 0.2) is 15.8 Å². The Morgan fingerprint density at radius 1 is 1.60 bits per heavy atom. The van der Waals surface area contributed by atoms with Gasteiger partial charge in [0.05, 0.1) is 6.61 Å². The fraction of sp³-hybridized carbons (Fsp3) is 0.500. The van der Waals surface area contributed by atoms with Gasteiger partial charge in [-0.3, -0.25) is 9.78 Å². The molecule has 0 aromatic carbocycles. The quantitative estimate of drug-likeness (QED) is 0.444. The summed E-state index contributed by atoms with van der Waals surface area (Å²) in [5.41, 5.74) is -1.60. The zero-order chi connectivity index (χ0) is 14.9. The number of aliphatic hydroxyl groups is 2. The molecule has 1 saturated heterocycles. The van der Waals surface area contributed by atoms with Gasteiger partial charge in [-0.25, -0.2) is 4.79 Å². The SMILES string of the molecule is O=c1cnn(C2OC(CO)C(O)C2(Cl)C#CCl)c(=O)[nH]1. The van der Waals surface area contributed by atoms with Crippen molar-refractivity contribution in [3.05, 3.63) is 27.0 Å². The normalized spacial score (nSPS) is 32.7. The number of H-pyrrole nitrogens is 1. The molecule has 1 aromatic heterocycles. The van der Waals surface area contributed by atoms with Crippen LogP contribution >= 0.6 is 23.2 Å². The minimum Gasteiger partial charge on any atom is -0.394 e. The maximum absolute atomic E-state index is 11.7. The third-order valence-corrected chi connectivity index (χ3v) is 3.42. The van der Waals surface area contributed by atoms with E-state index in [4.69, 9.17) is 33.0 Å². The second kappa shape index (κ2) is 5.55. The molecular formula is C10H9Cl2N3O5. The molecule has 1 aliphatic heterocycles. The summed E-state index contributed by atoms with van der Waals surface area (Å²) in [7, 11) is 0. The molecule has 10 heteroatoms. The predicted molar refractivity (Wildman–Crippen MR) is 68.3 cm³/mol. The standard InChI is InChI=1S/C10H9Cl2N3O5/c11-2-1-10(12)7(18)5(4-16)20-8(10)15-9(19)14-6(17)3-13-15/h3,5,7-8,16,18H,4H2,(H,14,17,19). The second-order valence-electron chi connectivity index (χ2n) is 4.03. The van der Waals surface area contributed by atoms with E-state index in [9.17, 15) is 14.7 Å². The number of nitrogens with zero attached hydrogens (tertiary/aromatic N) is 2. The molecular weight excluding hydrogens is 313 g/mol. The molecule has 1 aromatic rings. The zero-order valence-corrected chi connectivity index (χ0v) is 11.3. The smallest absolute Gasteiger partial charge is 0.347 e. The lowest BCUT2D eigenvalue weighted by Crippen LogP contribution is -2.45.